The molecule has 0 N–H and O–H groups in total. The van der Waals surface area contributed by atoms with Crippen LogP contribution < -0.4 is 4.74 Å². The Morgan fingerprint density at radius 3 is 2.54 bits per heavy atom. The summed E-state index contributed by atoms with van der Waals surface area (Å²) in [5, 5.41) is 11.1. The van der Waals surface area contributed by atoms with Crippen molar-refractivity contribution in [2.75, 3.05) is 7.05 Å². The molecule has 6 heteroatoms. The van der Waals surface area contributed by atoms with E-state index >= 15 is 0 Å². The number of rotatable bonds is 6. The van der Waals surface area contributed by atoms with Gasteiger partial charge in [-0.2, -0.15) is 0 Å². The third-order valence-electron chi connectivity index (χ3n) is 3.60. The molecule has 24 heavy (non-hydrogen) atoms. The van der Waals surface area contributed by atoms with E-state index in [0.717, 1.165) is 11.1 Å². The van der Waals surface area contributed by atoms with Crippen LogP contribution in [0.3, 0.4) is 0 Å². The number of benzene rings is 2. The maximum Gasteiger partial charge on any atom is 0.311 e. The average molecular weight is 328 g/mol. The third-order valence-corrected chi connectivity index (χ3v) is 3.60. The van der Waals surface area contributed by atoms with Gasteiger partial charge >= 0.3 is 5.69 Å². The van der Waals surface area contributed by atoms with Crippen molar-refractivity contribution in [2.45, 2.75) is 26.5 Å². The molecule has 0 spiro atoms. The lowest BCUT2D eigenvalue weighted by atomic mass is 10.2. The summed E-state index contributed by atoms with van der Waals surface area (Å²) >= 11 is 0. The van der Waals surface area contributed by atoms with Crippen LogP contribution in [0.5, 0.6) is 5.75 Å². The second-order valence-electron chi connectivity index (χ2n) is 5.67. The first-order chi connectivity index (χ1) is 11.4. The Kier molecular flexibility index (Phi) is 5.52. The van der Waals surface area contributed by atoms with Gasteiger partial charge < -0.3 is 9.64 Å². The summed E-state index contributed by atoms with van der Waals surface area (Å²) in [6.45, 7) is 3.80. The molecule has 0 bridgehead atoms. The zero-order chi connectivity index (χ0) is 17.7. The summed E-state index contributed by atoms with van der Waals surface area (Å²) in [5.41, 5.74) is 1.62. The van der Waals surface area contributed by atoms with Crippen molar-refractivity contribution >= 4 is 11.6 Å². The maximum absolute atomic E-state index is 12.4. The Morgan fingerprint density at radius 2 is 1.92 bits per heavy atom. The lowest BCUT2D eigenvalue weighted by molar-refractivity contribution is -0.386. The highest BCUT2D eigenvalue weighted by atomic mass is 16.6. The minimum absolute atomic E-state index is 0.0968. The van der Waals surface area contributed by atoms with Gasteiger partial charge in [-0.15, -0.1) is 0 Å². The van der Waals surface area contributed by atoms with Gasteiger partial charge in [0.1, 0.15) is 0 Å². The lowest BCUT2D eigenvalue weighted by Gasteiger charge is -2.22. The van der Waals surface area contributed by atoms with Gasteiger partial charge in [0.15, 0.2) is 11.9 Å². The maximum atomic E-state index is 12.4. The van der Waals surface area contributed by atoms with Crippen LogP contribution in [0.25, 0.3) is 0 Å². The fourth-order valence-electron chi connectivity index (χ4n) is 2.36. The summed E-state index contributed by atoms with van der Waals surface area (Å²) in [6, 6.07) is 14.3. The van der Waals surface area contributed by atoms with Crippen molar-refractivity contribution in [3.05, 3.63) is 69.8 Å². The minimum Gasteiger partial charge on any atom is -0.474 e. The van der Waals surface area contributed by atoms with Crippen molar-refractivity contribution in [1.29, 1.82) is 0 Å². The zero-order valence-electron chi connectivity index (χ0n) is 13.9. The SMILES string of the molecule is Cc1ccc(O[C@@H](C)C(=O)N(C)Cc2ccccc2)c([N+](=O)[O-])c1. The number of carbonyl (C=O) groups is 1. The van der Waals surface area contributed by atoms with E-state index in [9.17, 15) is 14.9 Å². The predicted octanol–water partition coefficient (Wildman–Crippen LogP) is 3.33. The van der Waals surface area contributed by atoms with Crippen LogP contribution in [0.15, 0.2) is 48.5 Å². The fourth-order valence-corrected chi connectivity index (χ4v) is 2.36. The van der Waals surface area contributed by atoms with Crippen LogP contribution in [0.2, 0.25) is 0 Å². The first-order valence-electron chi connectivity index (χ1n) is 7.59. The summed E-state index contributed by atoms with van der Waals surface area (Å²) in [6.07, 6.45) is -0.819. The summed E-state index contributed by atoms with van der Waals surface area (Å²) in [5.74, 6) is -0.145. The Hall–Kier alpha value is -2.89. The van der Waals surface area contributed by atoms with Gasteiger partial charge in [-0.1, -0.05) is 36.4 Å². The van der Waals surface area contributed by atoms with Gasteiger partial charge in [0.25, 0.3) is 5.91 Å². The van der Waals surface area contributed by atoms with Crippen molar-refractivity contribution in [3.63, 3.8) is 0 Å². The quantitative estimate of drug-likeness (QED) is 0.602. The van der Waals surface area contributed by atoms with E-state index < -0.39 is 11.0 Å². The predicted molar refractivity (Wildman–Crippen MR) is 90.8 cm³/mol. The molecule has 2 aromatic rings. The van der Waals surface area contributed by atoms with Gasteiger partial charge in [-0.3, -0.25) is 14.9 Å². The molecular weight excluding hydrogens is 308 g/mol. The van der Waals surface area contributed by atoms with Gasteiger partial charge in [-0.05, 0) is 31.0 Å². The van der Waals surface area contributed by atoms with Crippen LogP contribution in [0, 0.1) is 17.0 Å². The number of ether oxygens (including phenoxy) is 1. The molecular formula is C18H20N2O4. The van der Waals surface area contributed by atoms with E-state index in [2.05, 4.69) is 0 Å². The molecule has 0 fully saturated rings. The first-order valence-corrected chi connectivity index (χ1v) is 7.59. The smallest absolute Gasteiger partial charge is 0.311 e. The molecule has 1 amide bonds. The Balaban J connectivity index is 2.07. The van der Waals surface area contributed by atoms with Gasteiger partial charge in [0.2, 0.25) is 0 Å². The number of nitrogens with zero attached hydrogens (tertiary/aromatic N) is 2. The van der Waals surface area contributed by atoms with Gasteiger partial charge in [-0.25, -0.2) is 0 Å². The molecule has 0 aliphatic heterocycles. The topological polar surface area (TPSA) is 72.7 Å². The van der Waals surface area contributed by atoms with E-state index in [1.165, 1.54) is 12.1 Å². The number of amides is 1. The highest BCUT2D eigenvalue weighted by molar-refractivity contribution is 5.80. The highest BCUT2D eigenvalue weighted by Crippen LogP contribution is 2.28. The van der Waals surface area contributed by atoms with Crippen molar-refractivity contribution < 1.29 is 14.5 Å². The Labute approximate surface area is 140 Å². The summed E-state index contributed by atoms with van der Waals surface area (Å²) in [7, 11) is 1.68. The molecule has 1 atom stereocenters. The molecule has 0 aliphatic carbocycles. The second kappa shape index (κ2) is 7.59. The van der Waals surface area contributed by atoms with E-state index in [-0.39, 0.29) is 17.3 Å². The zero-order valence-corrected chi connectivity index (χ0v) is 13.9. The van der Waals surface area contributed by atoms with Crippen LogP contribution in [0.1, 0.15) is 18.1 Å². The van der Waals surface area contributed by atoms with E-state index in [1.54, 1.807) is 31.9 Å². The monoisotopic (exact) mass is 328 g/mol. The molecule has 0 saturated heterocycles. The number of hydrogen-bond acceptors (Lipinski definition) is 4. The van der Waals surface area contributed by atoms with Crippen molar-refractivity contribution in [1.82, 2.24) is 4.90 Å². The van der Waals surface area contributed by atoms with Crippen LogP contribution in [-0.2, 0) is 11.3 Å². The minimum atomic E-state index is -0.819. The van der Waals surface area contributed by atoms with Crippen molar-refractivity contribution in [2.24, 2.45) is 0 Å². The molecule has 126 valence electrons. The molecule has 0 aromatic heterocycles. The molecule has 0 aliphatic rings. The average Bonchev–Trinajstić information content (AvgIpc) is 2.56. The molecule has 0 heterocycles. The van der Waals surface area contributed by atoms with Gasteiger partial charge in [0.05, 0.1) is 4.92 Å². The number of hydrogen-bond donors (Lipinski definition) is 0. The molecule has 0 unspecified atom stereocenters. The van der Waals surface area contributed by atoms with E-state index in [1.807, 2.05) is 30.3 Å². The molecule has 0 saturated carbocycles. The molecule has 0 radical (unpaired) electrons. The Bertz CT molecular complexity index is 731. The number of nitro benzene ring substituents is 1. The highest BCUT2D eigenvalue weighted by Gasteiger charge is 2.23. The first kappa shape index (κ1) is 17.5. The number of likely N-dealkylation sites (N-methyl/N-ethyl adjacent to an activating group) is 1. The van der Waals surface area contributed by atoms with E-state index in [0.29, 0.717) is 6.54 Å². The van der Waals surface area contributed by atoms with E-state index in [4.69, 9.17) is 4.74 Å². The van der Waals surface area contributed by atoms with Crippen LogP contribution in [-0.4, -0.2) is 28.9 Å². The van der Waals surface area contributed by atoms with Crippen LogP contribution in [0.4, 0.5) is 5.69 Å². The largest absolute Gasteiger partial charge is 0.474 e. The normalized spacial score (nSPS) is 11.6. The summed E-state index contributed by atoms with van der Waals surface area (Å²) in [4.78, 5) is 24.6. The number of aryl methyl sites for hydroxylation is 1. The standard InChI is InChI=1S/C18H20N2O4/c1-13-9-10-17(16(11-13)20(22)23)24-14(2)18(21)19(3)12-15-7-5-4-6-8-15/h4-11,14H,12H2,1-3H3/t14-/m0/s1. The fraction of sp³-hybridized carbons (Fsp3) is 0.278. The molecule has 2 rings (SSSR count). The third kappa shape index (κ3) is 4.32. The second-order valence-corrected chi connectivity index (χ2v) is 5.67. The summed E-state index contributed by atoms with van der Waals surface area (Å²) < 4.78 is 5.55. The molecule has 2 aromatic carbocycles. The van der Waals surface area contributed by atoms with Gasteiger partial charge in [0, 0.05) is 19.7 Å². The molecule has 6 nitrogen and oxygen atoms in total. The van der Waals surface area contributed by atoms with Crippen LogP contribution >= 0.6 is 0 Å². The lowest BCUT2D eigenvalue weighted by Crippen LogP contribution is -2.37. The Morgan fingerprint density at radius 1 is 1.25 bits per heavy atom. The number of nitro groups is 1. The number of carbonyl (C=O) groups excluding carboxylic acids is 1. The van der Waals surface area contributed by atoms with Crippen molar-refractivity contribution in [3.8, 4) is 5.75 Å².